The van der Waals surface area contributed by atoms with Crippen LogP contribution in [0, 0.1) is 6.92 Å². The molecule has 1 aliphatic carbocycles. The fourth-order valence-corrected chi connectivity index (χ4v) is 4.12. The second-order valence-corrected chi connectivity index (χ2v) is 7.84. The number of aryl methyl sites for hydroxylation is 1. The molecule has 1 unspecified atom stereocenters. The molecule has 0 N–H and O–H groups in total. The second kappa shape index (κ2) is 7.33. The number of rotatable bonds is 6. The minimum Gasteiger partial charge on any atom is -0.489 e. The molecular formula is C24H25N4O+. The molecule has 146 valence electrons. The van der Waals surface area contributed by atoms with Crippen molar-refractivity contribution in [1.82, 2.24) is 0 Å². The summed E-state index contributed by atoms with van der Waals surface area (Å²) in [5, 5.41) is 2.44. The molecule has 3 aliphatic rings. The summed E-state index contributed by atoms with van der Waals surface area (Å²) in [4.78, 5) is 8.77. The molecule has 2 aromatic rings. The van der Waals surface area contributed by atoms with E-state index in [2.05, 4.69) is 70.6 Å². The lowest BCUT2D eigenvalue weighted by Gasteiger charge is -2.46. The van der Waals surface area contributed by atoms with Crippen LogP contribution in [0.3, 0.4) is 0 Å². The van der Waals surface area contributed by atoms with Crippen LogP contribution in [-0.2, 0) is 6.61 Å². The molecule has 0 spiro atoms. The average Bonchev–Trinajstić information content (AvgIpc) is 3.14. The van der Waals surface area contributed by atoms with Crippen molar-refractivity contribution in [3.05, 3.63) is 84.0 Å². The number of hydrogen-bond donors (Lipinski definition) is 0. The van der Waals surface area contributed by atoms with E-state index >= 15 is 0 Å². The minimum atomic E-state index is 0.464. The number of anilines is 1. The lowest BCUT2D eigenvalue weighted by atomic mass is 9.91. The van der Waals surface area contributed by atoms with E-state index in [4.69, 9.17) is 4.74 Å². The van der Waals surface area contributed by atoms with E-state index in [0.717, 1.165) is 17.1 Å². The normalized spacial score (nSPS) is 22.2. The van der Waals surface area contributed by atoms with Gasteiger partial charge < -0.3 is 4.74 Å². The van der Waals surface area contributed by atoms with Gasteiger partial charge in [0.1, 0.15) is 12.4 Å². The van der Waals surface area contributed by atoms with Gasteiger partial charge in [-0.1, -0.05) is 35.9 Å². The molecule has 5 nitrogen and oxygen atoms in total. The lowest BCUT2D eigenvalue weighted by molar-refractivity contribution is -0.746. The highest BCUT2D eigenvalue weighted by atomic mass is 16.5. The third kappa shape index (κ3) is 3.28. The first-order valence-electron chi connectivity index (χ1n) is 10.2. The second-order valence-electron chi connectivity index (χ2n) is 7.84. The molecule has 2 aliphatic heterocycles. The van der Waals surface area contributed by atoms with E-state index in [0.29, 0.717) is 17.2 Å². The van der Waals surface area contributed by atoms with E-state index in [-0.39, 0.29) is 0 Å². The fourth-order valence-electron chi connectivity index (χ4n) is 4.12. The molecular weight excluding hydrogens is 360 g/mol. The summed E-state index contributed by atoms with van der Waals surface area (Å²) < 4.78 is 6.61. The summed E-state index contributed by atoms with van der Waals surface area (Å²) in [5.74, 6) is 0.878. The quantitative estimate of drug-likeness (QED) is 0.649. The van der Waals surface area contributed by atoms with Gasteiger partial charge in [0.05, 0.1) is 30.3 Å². The van der Waals surface area contributed by atoms with Crippen molar-refractivity contribution < 1.29 is 9.33 Å². The van der Waals surface area contributed by atoms with E-state index in [1.807, 2.05) is 31.0 Å². The fraction of sp³-hybridized carbons (Fsp3) is 0.250. The Morgan fingerprint density at radius 1 is 1.10 bits per heavy atom. The highest BCUT2D eigenvalue weighted by Gasteiger charge is 2.46. The SMILES string of the molecule is Cc1cccc(COc2cccc(N(C3CCC3)[N+]34C=CN=CC3=CN=C4)c2)c1. The Bertz CT molecular complexity index is 1030. The van der Waals surface area contributed by atoms with Crippen LogP contribution < -0.4 is 9.75 Å². The largest absolute Gasteiger partial charge is 0.489 e. The molecule has 5 rings (SSSR count). The Hall–Kier alpha value is -3.18. The predicted octanol–water partition coefficient (Wildman–Crippen LogP) is 5.10. The van der Waals surface area contributed by atoms with Crippen molar-refractivity contribution in [2.24, 2.45) is 9.98 Å². The van der Waals surface area contributed by atoms with E-state index in [1.54, 1.807) is 0 Å². The molecule has 29 heavy (non-hydrogen) atoms. The van der Waals surface area contributed by atoms with Gasteiger partial charge in [-0.25, -0.2) is 10.0 Å². The number of nitrogens with zero attached hydrogens (tertiary/aromatic N) is 4. The Morgan fingerprint density at radius 2 is 2.00 bits per heavy atom. The average molecular weight is 385 g/mol. The number of ether oxygens (including phenoxy) is 1. The zero-order chi connectivity index (χ0) is 19.7. The molecule has 1 atom stereocenters. The highest BCUT2D eigenvalue weighted by Crippen LogP contribution is 2.39. The first-order valence-corrected chi connectivity index (χ1v) is 10.2. The van der Waals surface area contributed by atoms with Gasteiger partial charge in [0.2, 0.25) is 12.0 Å². The number of hydrogen-bond acceptors (Lipinski definition) is 4. The van der Waals surface area contributed by atoms with Crippen molar-refractivity contribution in [3.8, 4) is 5.75 Å². The van der Waals surface area contributed by atoms with Crippen molar-refractivity contribution in [2.45, 2.75) is 38.8 Å². The number of allylic oxidation sites excluding steroid dienone is 1. The monoisotopic (exact) mass is 385 g/mol. The van der Waals surface area contributed by atoms with Gasteiger partial charge >= 0.3 is 0 Å². The molecule has 1 saturated carbocycles. The first-order chi connectivity index (χ1) is 14.2. The van der Waals surface area contributed by atoms with Crippen LogP contribution in [0.25, 0.3) is 0 Å². The summed E-state index contributed by atoms with van der Waals surface area (Å²) in [6.07, 6.45) is 13.4. The molecule has 5 heteroatoms. The van der Waals surface area contributed by atoms with Crippen LogP contribution in [-0.4, -0.2) is 23.2 Å². The minimum absolute atomic E-state index is 0.464. The van der Waals surface area contributed by atoms with E-state index in [9.17, 15) is 0 Å². The smallest absolute Gasteiger partial charge is 0.225 e. The molecule has 0 radical (unpaired) electrons. The van der Waals surface area contributed by atoms with Gasteiger partial charge in [0.25, 0.3) is 0 Å². The van der Waals surface area contributed by atoms with Gasteiger partial charge in [-0.05, 0) is 43.9 Å². The number of quaternary nitrogens is 1. The van der Waals surface area contributed by atoms with Crippen molar-refractivity contribution >= 4 is 18.2 Å². The van der Waals surface area contributed by atoms with Gasteiger partial charge in [-0.2, -0.15) is 0 Å². The van der Waals surface area contributed by atoms with Gasteiger partial charge in [0.15, 0.2) is 6.20 Å². The maximum absolute atomic E-state index is 6.14. The Balaban J connectivity index is 1.44. The Kier molecular flexibility index (Phi) is 4.52. The summed E-state index contributed by atoms with van der Waals surface area (Å²) in [7, 11) is 0. The zero-order valence-electron chi connectivity index (χ0n) is 16.6. The molecule has 0 saturated heterocycles. The highest BCUT2D eigenvalue weighted by molar-refractivity contribution is 5.82. The summed E-state index contributed by atoms with van der Waals surface area (Å²) >= 11 is 0. The number of benzene rings is 2. The molecule has 0 aromatic heterocycles. The van der Waals surface area contributed by atoms with Gasteiger partial charge in [-0.15, -0.1) is 4.59 Å². The van der Waals surface area contributed by atoms with Crippen LogP contribution in [0.1, 0.15) is 30.4 Å². The summed E-state index contributed by atoms with van der Waals surface area (Å²) in [6, 6.07) is 17.3. The zero-order valence-corrected chi connectivity index (χ0v) is 16.6. The number of aliphatic imine (C=N–C) groups is 2. The summed E-state index contributed by atoms with van der Waals surface area (Å²) in [6.45, 7) is 2.67. The van der Waals surface area contributed by atoms with Crippen LogP contribution in [0.4, 0.5) is 5.69 Å². The van der Waals surface area contributed by atoms with E-state index in [1.165, 1.54) is 30.4 Å². The van der Waals surface area contributed by atoms with Crippen LogP contribution in [0.2, 0.25) is 0 Å². The first kappa shape index (κ1) is 17.9. The van der Waals surface area contributed by atoms with Crippen LogP contribution in [0.5, 0.6) is 5.75 Å². The molecule has 0 amide bonds. The Labute approximate surface area is 171 Å². The maximum atomic E-state index is 6.14. The van der Waals surface area contributed by atoms with E-state index < -0.39 is 0 Å². The van der Waals surface area contributed by atoms with Crippen molar-refractivity contribution in [3.63, 3.8) is 0 Å². The maximum Gasteiger partial charge on any atom is 0.225 e. The standard InChI is InChI=1S/C24H25N4O/c1-19-5-2-6-20(13-19)17-29-24-10-4-9-22(14-24)27(21-7-3-8-21)28-12-11-25-15-23(28)16-26-18-28/h2,4-6,9-16,18,21H,3,7-8,17H2,1H3/q+1. The summed E-state index contributed by atoms with van der Waals surface area (Å²) in [5.41, 5.74) is 4.62. The van der Waals surface area contributed by atoms with Crippen LogP contribution in [0.15, 0.2) is 82.8 Å². The Morgan fingerprint density at radius 3 is 2.83 bits per heavy atom. The molecule has 2 aromatic carbocycles. The van der Waals surface area contributed by atoms with Gasteiger partial charge in [-0.3, -0.25) is 4.99 Å². The molecule has 2 heterocycles. The lowest BCUT2D eigenvalue weighted by Crippen LogP contribution is -2.61. The topological polar surface area (TPSA) is 37.2 Å². The predicted molar refractivity (Wildman–Crippen MR) is 117 cm³/mol. The molecule has 0 bridgehead atoms. The molecule has 1 fully saturated rings. The third-order valence-corrected chi connectivity index (χ3v) is 5.80. The van der Waals surface area contributed by atoms with Gasteiger partial charge in [0, 0.05) is 6.07 Å². The van der Waals surface area contributed by atoms with Crippen LogP contribution >= 0.6 is 0 Å². The van der Waals surface area contributed by atoms with Crippen molar-refractivity contribution in [1.29, 1.82) is 0 Å². The van der Waals surface area contributed by atoms with Crippen molar-refractivity contribution in [2.75, 3.05) is 5.01 Å². The number of fused-ring (bicyclic) bond motifs is 1. The third-order valence-electron chi connectivity index (χ3n) is 5.80.